The lowest BCUT2D eigenvalue weighted by atomic mass is 10.0. The fraction of sp³-hybridized carbons (Fsp3) is 0.500. The van der Waals surface area contributed by atoms with Gasteiger partial charge in [0, 0.05) is 12.6 Å². The van der Waals surface area contributed by atoms with Crippen LogP contribution < -0.4 is 4.74 Å². The van der Waals surface area contributed by atoms with Gasteiger partial charge in [-0.2, -0.15) is 10.4 Å². The van der Waals surface area contributed by atoms with Crippen LogP contribution in [0.5, 0.6) is 5.75 Å². The molecule has 0 N–H and O–H groups in total. The molecule has 0 aliphatic carbocycles. The van der Waals surface area contributed by atoms with Crippen LogP contribution in [-0.4, -0.2) is 45.4 Å². The maximum Gasteiger partial charge on any atom is 0.137 e. The Kier molecular flexibility index (Phi) is 5.80. The van der Waals surface area contributed by atoms with Crippen LogP contribution in [0.3, 0.4) is 0 Å². The van der Waals surface area contributed by atoms with Gasteiger partial charge in [0.15, 0.2) is 0 Å². The Hall–Kier alpha value is -2.39. The molecule has 24 heavy (non-hydrogen) atoms. The molecule has 1 aromatic carbocycles. The van der Waals surface area contributed by atoms with E-state index >= 15 is 0 Å². The number of nitriles is 1. The lowest BCUT2D eigenvalue weighted by Crippen LogP contribution is -2.43. The molecule has 0 amide bonds. The largest absolute Gasteiger partial charge is 0.494 e. The van der Waals surface area contributed by atoms with Crippen molar-refractivity contribution in [2.45, 2.75) is 38.3 Å². The van der Waals surface area contributed by atoms with Crippen molar-refractivity contribution in [1.29, 1.82) is 5.26 Å². The number of ether oxygens (including phenoxy) is 1. The lowest BCUT2D eigenvalue weighted by Gasteiger charge is -2.35. The maximum absolute atomic E-state index is 8.80. The van der Waals surface area contributed by atoms with E-state index < -0.39 is 0 Å². The van der Waals surface area contributed by atoms with Crippen molar-refractivity contribution in [3.05, 3.63) is 42.5 Å². The van der Waals surface area contributed by atoms with Gasteiger partial charge in [-0.25, -0.2) is 4.98 Å². The Morgan fingerprint density at radius 1 is 1.25 bits per heavy atom. The molecule has 1 unspecified atom stereocenters. The van der Waals surface area contributed by atoms with E-state index in [2.05, 4.69) is 21.1 Å². The Labute approximate surface area is 142 Å². The number of hydrogen-bond acceptors (Lipinski definition) is 5. The number of benzene rings is 1. The number of rotatable bonds is 7. The first-order valence-electron chi connectivity index (χ1n) is 8.54. The van der Waals surface area contributed by atoms with Crippen LogP contribution in [0.25, 0.3) is 0 Å². The van der Waals surface area contributed by atoms with Crippen LogP contribution in [0.15, 0.2) is 36.9 Å². The first-order valence-corrected chi connectivity index (χ1v) is 8.54. The molecule has 1 fully saturated rings. The molecular formula is C18H23N5O. The van der Waals surface area contributed by atoms with Crippen LogP contribution in [0.2, 0.25) is 0 Å². The van der Waals surface area contributed by atoms with E-state index in [1.165, 1.54) is 19.3 Å². The van der Waals surface area contributed by atoms with E-state index in [0.29, 0.717) is 18.2 Å². The summed E-state index contributed by atoms with van der Waals surface area (Å²) in [4.78, 5) is 6.58. The van der Waals surface area contributed by atoms with E-state index in [1.54, 1.807) is 24.8 Å². The second-order valence-corrected chi connectivity index (χ2v) is 6.14. The van der Waals surface area contributed by atoms with E-state index in [9.17, 15) is 0 Å². The highest BCUT2D eigenvalue weighted by Crippen LogP contribution is 2.19. The number of likely N-dealkylation sites (tertiary alicyclic amines) is 1. The average Bonchev–Trinajstić information content (AvgIpc) is 3.13. The predicted molar refractivity (Wildman–Crippen MR) is 90.5 cm³/mol. The number of nitrogens with zero attached hydrogens (tertiary/aromatic N) is 5. The molecule has 1 atom stereocenters. The van der Waals surface area contributed by atoms with E-state index in [4.69, 9.17) is 10.00 Å². The number of piperidine rings is 1. The molecule has 0 spiro atoms. The molecular weight excluding hydrogens is 302 g/mol. The summed E-state index contributed by atoms with van der Waals surface area (Å²) in [5.41, 5.74) is 0.659. The molecule has 1 aliphatic rings. The van der Waals surface area contributed by atoms with Gasteiger partial charge < -0.3 is 4.74 Å². The van der Waals surface area contributed by atoms with E-state index in [0.717, 1.165) is 31.8 Å². The molecule has 0 saturated carbocycles. The van der Waals surface area contributed by atoms with Crippen LogP contribution in [0.4, 0.5) is 0 Å². The fourth-order valence-electron chi connectivity index (χ4n) is 3.19. The summed E-state index contributed by atoms with van der Waals surface area (Å²) in [5, 5.41) is 13.0. The van der Waals surface area contributed by atoms with Crippen LogP contribution in [-0.2, 0) is 6.54 Å². The topological polar surface area (TPSA) is 67.0 Å². The second-order valence-electron chi connectivity index (χ2n) is 6.14. The highest BCUT2D eigenvalue weighted by Gasteiger charge is 2.22. The molecule has 2 aromatic rings. The van der Waals surface area contributed by atoms with Gasteiger partial charge in [-0.05, 0) is 50.1 Å². The molecule has 2 heterocycles. The summed E-state index contributed by atoms with van der Waals surface area (Å²) in [5.74, 6) is 0.826. The zero-order chi connectivity index (χ0) is 16.6. The van der Waals surface area contributed by atoms with Gasteiger partial charge in [0.2, 0.25) is 0 Å². The Bertz CT molecular complexity index is 647. The Balaban J connectivity index is 1.43. The molecule has 1 aliphatic heterocycles. The third-order valence-corrected chi connectivity index (χ3v) is 4.46. The van der Waals surface area contributed by atoms with Crippen molar-refractivity contribution < 1.29 is 4.74 Å². The minimum absolute atomic E-state index is 0.537. The summed E-state index contributed by atoms with van der Waals surface area (Å²) in [6.07, 6.45) is 8.16. The minimum atomic E-state index is 0.537. The van der Waals surface area contributed by atoms with Crippen molar-refractivity contribution in [1.82, 2.24) is 19.7 Å². The summed E-state index contributed by atoms with van der Waals surface area (Å²) in [6.45, 7) is 3.79. The zero-order valence-corrected chi connectivity index (χ0v) is 13.8. The SMILES string of the molecule is N#Cc1ccc(OCCCN2CCCCC2Cn2cncn2)cc1. The molecule has 3 rings (SSSR count). The van der Waals surface area contributed by atoms with Gasteiger partial charge in [0.1, 0.15) is 18.4 Å². The van der Waals surface area contributed by atoms with Crippen molar-refractivity contribution in [3.8, 4) is 11.8 Å². The normalized spacial score (nSPS) is 18.2. The zero-order valence-electron chi connectivity index (χ0n) is 13.8. The first kappa shape index (κ1) is 16.5. The third kappa shape index (κ3) is 4.56. The predicted octanol–water partition coefficient (Wildman–Crippen LogP) is 2.47. The van der Waals surface area contributed by atoms with E-state index in [-0.39, 0.29) is 0 Å². The van der Waals surface area contributed by atoms with Crippen LogP contribution in [0.1, 0.15) is 31.2 Å². The maximum atomic E-state index is 8.80. The van der Waals surface area contributed by atoms with Gasteiger partial charge >= 0.3 is 0 Å². The Morgan fingerprint density at radius 2 is 2.12 bits per heavy atom. The monoisotopic (exact) mass is 325 g/mol. The van der Waals surface area contributed by atoms with Gasteiger partial charge in [-0.15, -0.1) is 0 Å². The van der Waals surface area contributed by atoms with Gasteiger partial charge in [-0.3, -0.25) is 9.58 Å². The molecule has 0 bridgehead atoms. The molecule has 6 nitrogen and oxygen atoms in total. The fourth-order valence-corrected chi connectivity index (χ4v) is 3.19. The molecule has 1 aromatic heterocycles. The highest BCUT2D eigenvalue weighted by molar-refractivity contribution is 5.34. The van der Waals surface area contributed by atoms with Crippen LogP contribution in [0, 0.1) is 11.3 Å². The first-order chi connectivity index (χ1) is 11.8. The summed E-state index contributed by atoms with van der Waals surface area (Å²) in [6, 6.07) is 9.93. The lowest BCUT2D eigenvalue weighted by molar-refractivity contribution is 0.121. The van der Waals surface area contributed by atoms with Gasteiger partial charge in [0.25, 0.3) is 0 Å². The minimum Gasteiger partial charge on any atom is -0.494 e. The number of hydrogen-bond donors (Lipinski definition) is 0. The van der Waals surface area contributed by atoms with Crippen molar-refractivity contribution in [2.75, 3.05) is 19.7 Å². The van der Waals surface area contributed by atoms with Gasteiger partial charge in [0.05, 0.1) is 24.8 Å². The summed E-state index contributed by atoms with van der Waals surface area (Å²) in [7, 11) is 0. The van der Waals surface area contributed by atoms with Crippen molar-refractivity contribution in [3.63, 3.8) is 0 Å². The van der Waals surface area contributed by atoms with Crippen molar-refractivity contribution in [2.24, 2.45) is 0 Å². The van der Waals surface area contributed by atoms with E-state index in [1.807, 2.05) is 16.8 Å². The quantitative estimate of drug-likeness (QED) is 0.732. The highest BCUT2D eigenvalue weighted by atomic mass is 16.5. The average molecular weight is 325 g/mol. The number of aromatic nitrogens is 3. The molecule has 126 valence electrons. The summed E-state index contributed by atoms with van der Waals surface area (Å²) >= 11 is 0. The molecule has 0 radical (unpaired) electrons. The summed E-state index contributed by atoms with van der Waals surface area (Å²) < 4.78 is 7.70. The van der Waals surface area contributed by atoms with Crippen LogP contribution >= 0.6 is 0 Å². The second kappa shape index (κ2) is 8.46. The third-order valence-electron chi connectivity index (χ3n) is 4.46. The Morgan fingerprint density at radius 3 is 2.88 bits per heavy atom. The molecule has 1 saturated heterocycles. The standard InChI is InChI=1S/C18H23N5O/c19-12-16-5-7-18(8-6-16)24-11-3-10-22-9-2-1-4-17(22)13-23-15-20-14-21-23/h5-8,14-15,17H,1-4,9-11,13H2. The smallest absolute Gasteiger partial charge is 0.137 e. The van der Waals surface area contributed by atoms with Crippen molar-refractivity contribution >= 4 is 0 Å². The molecule has 6 heteroatoms. The van der Waals surface area contributed by atoms with Gasteiger partial charge in [-0.1, -0.05) is 6.42 Å².